The van der Waals surface area contributed by atoms with Crippen molar-refractivity contribution in [2.75, 3.05) is 31.7 Å². The molecular weight excluding hydrogens is 474 g/mol. The van der Waals surface area contributed by atoms with Crippen LogP contribution in [0.3, 0.4) is 0 Å². The molecule has 11 nitrogen and oxygen atoms in total. The van der Waals surface area contributed by atoms with E-state index >= 15 is 0 Å². The first kappa shape index (κ1) is 24.3. The van der Waals surface area contributed by atoms with Crippen molar-refractivity contribution in [2.24, 2.45) is 0 Å². The molecule has 4 aromatic heterocycles. The Morgan fingerprint density at radius 1 is 1.14 bits per heavy atom. The molecule has 5 rings (SSSR count). The molecule has 1 unspecified atom stereocenters. The zero-order valence-corrected chi connectivity index (χ0v) is 20.8. The van der Waals surface area contributed by atoms with Gasteiger partial charge < -0.3 is 24.2 Å². The summed E-state index contributed by atoms with van der Waals surface area (Å²) in [6, 6.07) is 8.27. The van der Waals surface area contributed by atoms with Crippen molar-refractivity contribution >= 4 is 11.3 Å². The Bertz CT molecular complexity index is 1420. The molecular formula is C26H27N7O4. The van der Waals surface area contributed by atoms with Gasteiger partial charge in [-0.1, -0.05) is 0 Å². The van der Waals surface area contributed by atoms with E-state index in [4.69, 9.17) is 19.2 Å². The van der Waals surface area contributed by atoms with E-state index < -0.39 is 5.60 Å². The van der Waals surface area contributed by atoms with Crippen molar-refractivity contribution in [1.82, 2.24) is 24.6 Å². The zero-order valence-electron chi connectivity index (χ0n) is 20.8. The fraction of sp³-hybridized carbons (Fsp3) is 0.346. The third kappa shape index (κ3) is 5.39. The monoisotopic (exact) mass is 501 g/mol. The molecule has 11 heteroatoms. The Morgan fingerprint density at radius 2 is 1.95 bits per heavy atom. The summed E-state index contributed by atoms with van der Waals surface area (Å²) in [5, 5.41) is 24.0. The quantitative estimate of drug-likeness (QED) is 0.384. The predicted molar refractivity (Wildman–Crippen MR) is 135 cm³/mol. The second-order valence-electron chi connectivity index (χ2n) is 9.44. The Labute approximate surface area is 213 Å². The first-order valence-corrected chi connectivity index (χ1v) is 11.8. The zero-order chi connectivity index (χ0) is 26.0. The van der Waals surface area contributed by atoms with Gasteiger partial charge in [0, 0.05) is 30.3 Å². The SMILES string of the molecule is COc1ncc(OC2CCN(c3ccc(-c4cc(OCC(C)(C)O)cn5ncc(C#N)c45)cn3)C2)cn1. The molecule has 1 N–H and O–H groups in total. The first-order chi connectivity index (χ1) is 17.8. The summed E-state index contributed by atoms with van der Waals surface area (Å²) in [6.45, 7) is 4.96. The molecule has 4 aromatic rings. The first-order valence-electron chi connectivity index (χ1n) is 11.8. The molecule has 190 valence electrons. The molecule has 1 fully saturated rings. The normalized spacial score (nSPS) is 15.5. The lowest BCUT2D eigenvalue weighted by molar-refractivity contribution is 0.0283. The van der Waals surface area contributed by atoms with Crippen LogP contribution in [0.2, 0.25) is 0 Å². The number of hydrogen-bond acceptors (Lipinski definition) is 10. The van der Waals surface area contributed by atoms with Gasteiger partial charge in [0.15, 0.2) is 5.75 Å². The maximum atomic E-state index is 10.1. The van der Waals surface area contributed by atoms with Crippen molar-refractivity contribution in [1.29, 1.82) is 5.26 Å². The third-order valence-electron chi connectivity index (χ3n) is 5.92. The molecule has 1 aliphatic rings. The Balaban J connectivity index is 1.35. The van der Waals surface area contributed by atoms with Crippen molar-refractivity contribution in [2.45, 2.75) is 32.0 Å². The number of aromatic nitrogens is 5. The van der Waals surface area contributed by atoms with Gasteiger partial charge in [-0.2, -0.15) is 20.3 Å². The van der Waals surface area contributed by atoms with Gasteiger partial charge in [-0.05, 0) is 32.0 Å². The highest BCUT2D eigenvalue weighted by molar-refractivity contribution is 5.85. The van der Waals surface area contributed by atoms with Crippen molar-refractivity contribution in [3.63, 3.8) is 0 Å². The number of nitriles is 1. The van der Waals surface area contributed by atoms with Crippen molar-refractivity contribution < 1.29 is 19.3 Å². The minimum Gasteiger partial charge on any atom is -0.489 e. The highest BCUT2D eigenvalue weighted by atomic mass is 16.5. The summed E-state index contributed by atoms with van der Waals surface area (Å²) < 4.78 is 18.4. The molecule has 5 heterocycles. The van der Waals surface area contributed by atoms with Crippen LogP contribution in [0.25, 0.3) is 16.6 Å². The maximum Gasteiger partial charge on any atom is 0.316 e. The van der Waals surface area contributed by atoms with Crippen LogP contribution in [0.4, 0.5) is 5.82 Å². The highest BCUT2D eigenvalue weighted by Crippen LogP contribution is 2.32. The predicted octanol–water partition coefficient (Wildman–Crippen LogP) is 2.87. The summed E-state index contributed by atoms with van der Waals surface area (Å²) in [5.74, 6) is 1.96. The van der Waals surface area contributed by atoms with Crippen LogP contribution in [0.1, 0.15) is 25.8 Å². The lowest BCUT2D eigenvalue weighted by Gasteiger charge is -2.19. The third-order valence-corrected chi connectivity index (χ3v) is 5.92. The van der Waals surface area contributed by atoms with Crippen LogP contribution < -0.4 is 19.1 Å². The van der Waals surface area contributed by atoms with Gasteiger partial charge in [0.05, 0.1) is 55.1 Å². The number of pyridine rings is 2. The smallest absolute Gasteiger partial charge is 0.316 e. The van der Waals surface area contributed by atoms with Crippen molar-refractivity contribution in [3.05, 3.63) is 54.7 Å². The minimum atomic E-state index is -0.988. The largest absolute Gasteiger partial charge is 0.489 e. The molecule has 1 atom stereocenters. The van der Waals surface area contributed by atoms with Gasteiger partial charge >= 0.3 is 6.01 Å². The molecule has 1 saturated heterocycles. The van der Waals surface area contributed by atoms with E-state index in [2.05, 4.69) is 26.0 Å². The Hall–Kier alpha value is -4.43. The number of nitrogens with zero attached hydrogens (tertiary/aromatic N) is 7. The number of aliphatic hydroxyl groups is 1. The second kappa shape index (κ2) is 9.91. The van der Waals surface area contributed by atoms with E-state index in [0.29, 0.717) is 35.1 Å². The lowest BCUT2D eigenvalue weighted by atomic mass is 10.1. The molecule has 37 heavy (non-hydrogen) atoms. The van der Waals surface area contributed by atoms with E-state index in [1.54, 1.807) is 43.2 Å². The number of anilines is 1. The summed E-state index contributed by atoms with van der Waals surface area (Å²) in [6.07, 6.45) is 9.06. The highest BCUT2D eigenvalue weighted by Gasteiger charge is 2.25. The van der Waals surface area contributed by atoms with Gasteiger partial charge in [-0.25, -0.2) is 9.50 Å². The summed E-state index contributed by atoms with van der Waals surface area (Å²) in [7, 11) is 1.52. The lowest BCUT2D eigenvalue weighted by Crippen LogP contribution is -2.27. The van der Waals surface area contributed by atoms with Crippen LogP contribution in [0, 0.1) is 11.3 Å². The molecule has 0 radical (unpaired) electrons. The molecule has 0 aliphatic carbocycles. The summed E-state index contributed by atoms with van der Waals surface area (Å²) >= 11 is 0. The average Bonchev–Trinajstić information content (AvgIpc) is 3.54. The second-order valence-corrected chi connectivity index (χ2v) is 9.44. The maximum absolute atomic E-state index is 10.1. The number of hydrogen-bond donors (Lipinski definition) is 1. The number of rotatable bonds is 8. The number of ether oxygens (including phenoxy) is 3. The fourth-order valence-corrected chi connectivity index (χ4v) is 4.17. The molecule has 0 amide bonds. The van der Waals surface area contributed by atoms with Gasteiger partial charge in [0.25, 0.3) is 0 Å². The molecule has 0 saturated carbocycles. The standard InChI is InChI=1S/C26H27N7O4/c1-26(2,34)16-36-20-8-22(24-18(9-27)11-31-33(24)15-20)17-4-5-23(28-10-17)32-7-6-19(14-32)37-21-12-29-25(35-3)30-13-21/h4-5,8,10-13,15,19,34H,6-7,14,16H2,1-3H3. The van der Waals surface area contributed by atoms with Crippen LogP contribution in [0.15, 0.2) is 49.2 Å². The van der Waals surface area contributed by atoms with E-state index in [0.717, 1.165) is 29.9 Å². The minimum absolute atomic E-state index is 0.00678. The Kier molecular flexibility index (Phi) is 6.50. The fourth-order valence-electron chi connectivity index (χ4n) is 4.17. The van der Waals surface area contributed by atoms with Crippen LogP contribution in [-0.2, 0) is 0 Å². The molecule has 0 spiro atoms. The molecule has 1 aliphatic heterocycles. The topological polar surface area (TPSA) is 131 Å². The van der Waals surface area contributed by atoms with Crippen LogP contribution in [0.5, 0.6) is 17.5 Å². The number of methoxy groups -OCH3 is 1. The van der Waals surface area contributed by atoms with E-state index in [1.165, 1.54) is 13.3 Å². The van der Waals surface area contributed by atoms with E-state index in [9.17, 15) is 10.4 Å². The summed E-state index contributed by atoms with van der Waals surface area (Å²) in [5.41, 5.74) is 1.72. The van der Waals surface area contributed by atoms with Gasteiger partial charge in [0.2, 0.25) is 0 Å². The van der Waals surface area contributed by atoms with Gasteiger partial charge in [-0.15, -0.1) is 0 Å². The summed E-state index contributed by atoms with van der Waals surface area (Å²) in [4.78, 5) is 15.0. The van der Waals surface area contributed by atoms with E-state index in [-0.39, 0.29) is 12.7 Å². The van der Waals surface area contributed by atoms with Crippen LogP contribution >= 0.6 is 0 Å². The Morgan fingerprint density at radius 3 is 2.62 bits per heavy atom. The van der Waals surface area contributed by atoms with E-state index in [1.807, 2.05) is 18.2 Å². The number of fused-ring (bicyclic) bond motifs is 1. The van der Waals surface area contributed by atoms with Gasteiger partial charge in [-0.3, -0.25) is 0 Å². The van der Waals surface area contributed by atoms with Gasteiger partial charge in [0.1, 0.15) is 30.3 Å². The van der Waals surface area contributed by atoms with Crippen molar-refractivity contribution in [3.8, 4) is 34.7 Å². The van der Waals surface area contributed by atoms with Crippen LogP contribution in [-0.4, -0.2) is 68.2 Å². The molecule has 0 bridgehead atoms. The molecule has 0 aromatic carbocycles. The average molecular weight is 502 g/mol.